The number of nitrogens with zero attached hydrogens (tertiary/aromatic N) is 3. The van der Waals surface area contributed by atoms with E-state index >= 15 is 4.79 Å². The number of amides is 1. The molecule has 0 bridgehead atoms. The zero-order valence-electron chi connectivity index (χ0n) is 36.7. The molecule has 16 heteroatoms. The molecule has 1 aliphatic carbocycles. The van der Waals surface area contributed by atoms with Gasteiger partial charge in [0.2, 0.25) is 15.7 Å². The number of aliphatic hydroxyl groups excluding tert-OH is 1. The Hall–Kier alpha value is -4.48. The number of sulfonamides is 1. The normalized spacial score (nSPS) is 19.6. The maximum Gasteiger partial charge on any atom is 0.333 e. The van der Waals surface area contributed by atoms with Crippen LogP contribution in [0.15, 0.2) is 86.7 Å². The van der Waals surface area contributed by atoms with Gasteiger partial charge in [-0.1, -0.05) is 83.0 Å². The number of carbonyl (C=O) groups excluding carboxylic acids is 1. The topological polar surface area (TPSA) is 163 Å². The van der Waals surface area contributed by atoms with Crippen molar-refractivity contribution in [2.75, 3.05) is 27.4 Å². The smallest absolute Gasteiger partial charge is 0.333 e. The average Bonchev–Trinajstić information content (AvgIpc) is 3.65. The minimum absolute atomic E-state index is 0.00712. The number of hydrogen-bond donors (Lipinski definition) is 1. The Morgan fingerprint density at radius 3 is 1.87 bits per heavy atom. The summed E-state index contributed by atoms with van der Waals surface area (Å²) in [4.78, 5) is 29.9. The van der Waals surface area contributed by atoms with Gasteiger partial charge in [0, 0.05) is 24.4 Å². The fraction of sp³-hybridized carbons (Fsp3) is 0.467. The van der Waals surface area contributed by atoms with Gasteiger partial charge in [-0.3, -0.25) is 13.9 Å². The van der Waals surface area contributed by atoms with E-state index in [1.54, 1.807) is 42.5 Å². The first-order chi connectivity index (χ1) is 28.7. The Morgan fingerprint density at radius 1 is 0.787 bits per heavy atom. The molecule has 1 saturated heterocycles. The predicted octanol–water partition coefficient (Wildman–Crippen LogP) is 6.89. The van der Waals surface area contributed by atoms with Crippen LogP contribution in [-0.2, 0) is 42.0 Å². The van der Waals surface area contributed by atoms with Gasteiger partial charge in [0.1, 0.15) is 0 Å². The summed E-state index contributed by atoms with van der Waals surface area (Å²) < 4.78 is 79.3. The zero-order valence-corrected chi connectivity index (χ0v) is 39.3. The molecule has 1 N–H and O–H groups in total. The predicted molar refractivity (Wildman–Crippen MR) is 238 cm³/mol. The number of benzene rings is 3. The molecule has 1 fully saturated rings. The van der Waals surface area contributed by atoms with Gasteiger partial charge in [-0.2, -0.15) is 0 Å². The van der Waals surface area contributed by atoms with E-state index in [4.69, 9.17) is 13.9 Å². The van der Waals surface area contributed by atoms with E-state index in [0.717, 1.165) is 20.8 Å². The van der Waals surface area contributed by atoms with Crippen molar-refractivity contribution in [2.45, 2.75) is 107 Å². The first-order valence-corrected chi connectivity index (χ1v) is 25.8. The number of ether oxygens (including phenoxy) is 2. The van der Waals surface area contributed by atoms with Crippen molar-refractivity contribution in [3.63, 3.8) is 0 Å². The number of aromatic nitrogens is 2. The molecule has 1 aliphatic heterocycles. The molecular formula is C45H59N3O10S2Si. The highest BCUT2D eigenvalue weighted by atomic mass is 32.2. The zero-order chi connectivity index (χ0) is 44.8. The van der Waals surface area contributed by atoms with Crippen molar-refractivity contribution >= 4 is 40.3 Å². The van der Waals surface area contributed by atoms with E-state index < -0.39 is 70.2 Å². The molecule has 2 unspecified atom stereocenters. The average molecular weight is 894 g/mol. The largest absolute Gasteiger partial charge is 0.493 e. The summed E-state index contributed by atoms with van der Waals surface area (Å²) in [6.45, 7) is 15.7. The number of sulfone groups is 1. The van der Waals surface area contributed by atoms with E-state index in [1.807, 2.05) is 13.8 Å². The van der Waals surface area contributed by atoms with Gasteiger partial charge in [-0.25, -0.2) is 25.9 Å². The number of fused-ring (bicyclic) bond motifs is 3. The van der Waals surface area contributed by atoms with E-state index in [1.165, 1.54) is 53.8 Å². The maximum atomic E-state index is 15.1. The van der Waals surface area contributed by atoms with E-state index in [2.05, 4.69) is 41.5 Å². The van der Waals surface area contributed by atoms with E-state index in [9.17, 15) is 26.7 Å². The quantitative estimate of drug-likeness (QED) is 0.117. The molecule has 3 aromatic carbocycles. The van der Waals surface area contributed by atoms with Gasteiger partial charge in [0.15, 0.2) is 19.8 Å². The van der Waals surface area contributed by atoms with Crippen LogP contribution in [-0.4, -0.2) is 83.1 Å². The molecule has 1 amide bonds. The van der Waals surface area contributed by atoms with Gasteiger partial charge < -0.3 is 19.0 Å². The number of aryl methyl sites for hydroxylation is 2. The van der Waals surface area contributed by atoms with Crippen molar-refractivity contribution in [3.8, 4) is 11.5 Å². The number of methoxy groups -OCH3 is 2. The third kappa shape index (κ3) is 8.29. The van der Waals surface area contributed by atoms with Gasteiger partial charge in [0.25, 0.3) is 10.0 Å². The lowest BCUT2D eigenvalue weighted by atomic mass is 9.72. The first kappa shape index (κ1) is 46.0. The molecular weight excluding hydrogens is 835 g/mol. The Bertz CT molecular complexity index is 2540. The summed E-state index contributed by atoms with van der Waals surface area (Å²) in [5, 5.41) is 12.0. The lowest BCUT2D eigenvalue weighted by Gasteiger charge is -2.44. The van der Waals surface area contributed by atoms with Crippen LogP contribution in [0.3, 0.4) is 0 Å². The molecule has 61 heavy (non-hydrogen) atoms. The van der Waals surface area contributed by atoms with Gasteiger partial charge in [-0.15, -0.1) is 0 Å². The summed E-state index contributed by atoms with van der Waals surface area (Å²) in [6, 6.07) is 16.7. The molecule has 0 saturated carbocycles. The molecule has 1 aromatic heterocycles. The highest BCUT2D eigenvalue weighted by Gasteiger charge is 2.60. The van der Waals surface area contributed by atoms with Crippen LogP contribution in [0.2, 0.25) is 16.6 Å². The van der Waals surface area contributed by atoms with Gasteiger partial charge in [0.05, 0.1) is 60.2 Å². The molecule has 330 valence electrons. The second-order valence-corrected chi connectivity index (χ2v) is 26.4. The molecule has 2 heterocycles. The molecule has 2 aliphatic rings. The molecule has 13 nitrogen and oxygen atoms in total. The van der Waals surface area contributed by atoms with Crippen molar-refractivity contribution in [3.05, 3.63) is 111 Å². The Kier molecular flexibility index (Phi) is 13.4. The lowest BCUT2D eigenvalue weighted by molar-refractivity contribution is -0.129. The van der Waals surface area contributed by atoms with Crippen LogP contribution in [0.1, 0.15) is 75.5 Å². The summed E-state index contributed by atoms with van der Waals surface area (Å²) in [5.41, 5.74) is 2.85. The second-order valence-electron chi connectivity index (χ2n) is 17.2. The Balaban J connectivity index is 1.63. The monoisotopic (exact) mass is 893 g/mol. The summed E-state index contributed by atoms with van der Waals surface area (Å²) >= 11 is 0. The highest BCUT2D eigenvalue weighted by Crippen LogP contribution is 2.52. The third-order valence-electron chi connectivity index (χ3n) is 12.8. The summed E-state index contributed by atoms with van der Waals surface area (Å²) in [6.07, 6.45) is 1.23. The van der Waals surface area contributed by atoms with Crippen LogP contribution >= 0.6 is 0 Å². The van der Waals surface area contributed by atoms with Crippen LogP contribution in [0.4, 0.5) is 0 Å². The van der Waals surface area contributed by atoms with Crippen molar-refractivity contribution in [2.24, 2.45) is 11.8 Å². The van der Waals surface area contributed by atoms with Crippen molar-refractivity contribution in [1.29, 1.82) is 0 Å². The fourth-order valence-electron chi connectivity index (χ4n) is 9.88. The summed E-state index contributed by atoms with van der Waals surface area (Å²) in [5.74, 6) is -2.70. The molecule has 0 spiro atoms. The number of rotatable bonds is 16. The van der Waals surface area contributed by atoms with E-state index in [0.29, 0.717) is 28.5 Å². The van der Waals surface area contributed by atoms with Gasteiger partial charge >= 0.3 is 5.69 Å². The Morgan fingerprint density at radius 2 is 1.34 bits per heavy atom. The molecule has 4 atom stereocenters. The fourth-order valence-corrected chi connectivity index (χ4v) is 17.9. The standard InChI is InChI=1S/C45H59N3O10S2Si/c1-28(2)61(29(3)4,30(5)6)58-27-38-42-41(44(50)48(38)60(54,55)36-18-13-32(8)14-19-36)34(26-49)24-37-43(42)46(21-22-59(52,53)35-16-11-31(7)12-17-35)45(51)47(37)25-33-15-20-39(56-9)40(23-33)57-10/h11-23,28-30,34,38,41-42,49H,24-27H2,1-10H3/b22-21-/t34-,38+,41?,42?/m0/s1. The van der Waals surface area contributed by atoms with Crippen LogP contribution in [0.25, 0.3) is 6.20 Å². The third-order valence-corrected chi connectivity index (χ3v) is 22.1. The molecule has 0 radical (unpaired) electrons. The minimum Gasteiger partial charge on any atom is -0.493 e. The number of carbonyl (C=O) groups is 1. The first-order valence-electron chi connectivity index (χ1n) is 20.7. The van der Waals surface area contributed by atoms with Crippen LogP contribution in [0, 0.1) is 25.7 Å². The van der Waals surface area contributed by atoms with Crippen molar-refractivity contribution in [1.82, 2.24) is 13.4 Å². The number of hydrogen-bond acceptors (Lipinski definition) is 10. The minimum atomic E-state index is -4.53. The highest BCUT2D eigenvalue weighted by molar-refractivity contribution is 7.94. The second kappa shape index (κ2) is 17.7. The van der Waals surface area contributed by atoms with Crippen LogP contribution in [0.5, 0.6) is 11.5 Å². The Labute approximate surface area is 361 Å². The van der Waals surface area contributed by atoms with Crippen molar-refractivity contribution < 1.29 is 40.6 Å². The maximum absolute atomic E-state index is 15.1. The molecule has 6 rings (SSSR count). The van der Waals surface area contributed by atoms with Gasteiger partial charge in [-0.05, 0) is 84.8 Å². The molecule has 4 aromatic rings. The lowest BCUT2D eigenvalue weighted by Crippen LogP contribution is -2.51. The van der Waals surface area contributed by atoms with Crippen LogP contribution < -0.4 is 15.2 Å². The summed E-state index contributed by atoms with van der Waals surface area (Å²) in [7, 11) is -8.30. The number of imidazole rings is 1. The van der Waals surface area contributed by atoms with E-state index in [-0.39, 0.29) is 46.0 Å². The SMILES string of the molecule is COc1ccc(Cn2c3c(n(/C=C\S(=O)(=O)c4ccc(C)cc4)c2=O)C2C(C(=O)N(S(=O)(=O)c4ccc(C)cc4)[C@@H]2CO[Si](C(C)C)(C(C)C)C(C)C)[C@H](CO)C3)cc1OC. The number of aliphatic hydroxyl groups is 1.